The predicted octanol–water partition coefficient (Wildman–Crippen LogP) is 5.14. The smallest absolute Gasteiger partial charge is 0.409 e. The van der Waals surface area contributed by atoms with Crippen molar-refractivity contribution >= 4 is 17.7 Å². The fourth-order valence-corrected chi connectivity index (χ4v) is 4.57. The molecule has 0 N–H and O–H groups in total. The summed E-state index contributed by atoms with van der Waals surface area (Å²) in [6.07, 6.45) is -11.6. The zero-order chi connectivity index (χ0) is 29.4. The number of fused-ring (bicyclic) bond motifs is 1. The van der Waals surface area contributed by atoms with Crippen molar-refractivity contribution in [3.05, 3.63) is 59.2 Å². The van der Waals surface area contributed by atoms with E-state index in [9.17, 15) is 35.9 Å². The number of nitrogens with zero attached hydrogens (tertiary/aromatic N) is 3. The first-order valence-electron chi connectivity index (χ1n) is 11.7. The SMILES string of the molecule is COC(=O)c1ccc(-c2nc3cc(C(C(F)(F)F)C(F)(F)F)ccn3c2C[C@H]2CN(C(=O)OC)CCO2)c(F)c1. The van der Waals surface area contributed by atoms with Crippen molar-refractivity contribution in [2.45, 2.75) is 30.8 Å². The fraction of sp³-hybridized carbons (Fsp3) is 0.400. The highest BCUT2D eigenvalue weighted by Crippen LogP contribution is 2.46. The Morgan fingerprint density at radius 1 is 1.07 bits per heavy atom. The number of amides is 1. The first-order valence-corrected chi connectivity index (χ1v) is 11.7. The number of hydrogen-bond donors (Lipinski definition) is 0. The highest BCUT2D eigenvalue weighted by molar-refractivity contribution is 5.90. The van der Waals surface area contributed by atoms with Crippen LogP contribution in [0.4, 0.5) is 35.5 Å². The van der Waals surface area contributed by atoms with Gasteiger partial charge in [0.05, 0.1) is 50.4 Å². The van der Waals surface area contributed by atoms with E-state index in [1.807, 2.05) is 0 Å². The van der Waals surface area contributed by atoms with E-state index in [-0.39, 0.29) is 54.3 Å². The van der Waals surface area contributed by atoms with Crippen LogP contribution in [-0.4, -0.2) is 78.7 Å². The van der Waals surface area contributed by atoms with Crippen molar-refractivity contribution in [3.8, 4) is 11.3 Å². The third-order valence-electron chi connectivity index (χ3n) is 6.38. The van der Waals surface area contributed by atoms with Gasteiger partial charge >= 0.3 is 24.4 Å². The van der Waals surface area contributed by atoms with Crippen LogP contribution in [0.2, 0.25) is 0 Å². The molecule has 15 heteroatoms. The van der Waals surface area contributed by atoms with Gasteiger partial charge in [-0.2, -0.15) is 26.3 Å². The van der Waals surface area contributed by atoms with E-state index >= 15 is 4.39 Å². The number of halogens is 7. The zero-order valence-corrected chi connectivity index (χ0v) is 21.0. The summed E-state index contributed by atoms with van der Waals surface area (Å²) in [4.78, 5) is 29.4. The second-order valence-corrected chi connectivity index (χ2v) is 8.91. The third kappa shape index (κ3) is 5.83. The van der Waals surface area contributed by atoms with Crippen molar-refractivity contribution in [1.82, 2.24) is 14.3 Å². The maximum Gasteiger partial charge on any atom is 0.409 e. The molecule has 2 aromatic heterocycles. The Bertz CT molecular complexity index is 1410. The van der Waals surface area contributed by atoms with E-state index in [0.717, 1.165) is 19.4 Å². The first kappa shape index (κ1) is 29.1. The number of aromatic nitrogens is 2. The number of pyridine rings is 1. The lowest BCUT2D eigenvalue weighted by atomic mass is 9.99. The third-order valence-corrected chi connectivity index (χ3v) is 6.38. The molecule has 0 spiro atoms. The number of ether oxygens (including phenoxy) is 3. The summed E-state index contributed by atoms with van der Waals surface area (Å²) in [7, 11) is 2.30. The molecule has 0 radical (unpaired) electrons. The number of hydrogen-bond acceptors (Lipinski definition) is 6. The molecular weight excluding hydrogens is 555 g/mol. The molecule has 216 valence electrons. The summed E-state index contributed by atoms with van der Waals surface area (Å²) >= 11 is 0. The summed E-state index contributed by atoms with van der Waals surface area (Å²) < 4.78 is 112. The molecule has 0 bridgehead atoms. The average Bonchev–Trinajstić information content (AvgIpc) is 3.23. The highest BCUT2D eigenvalue weighted by atomic mass is 19.4. The molecule has 0 unspecified atom stereocenters. The van der Waals surface area contributed by atoms with Crippen molar-refractivity contribution in [2.75, 3.05) is 33.9 Å². The van der Waals surface area contributed by atoms with E-state index in [0.29, 0.717) is 12.1 Å². The summed E-state index contributed by atoms with van der Waals surface area (Å²) in [5.41, 5.74) is -1.60. The summed E-state index contributed by atoms with van der Waals surface area (Å²) in [6, 6.07) is 4.63. The highest BCUT2D eigenvalue weighted by Gasteiger charge is 2.57. The average molecular weight is 577 g/mol. The number of carbonyl (C=O) groups is 2. The quantitative estimate of drug-likeness (QED) is 0.309. The van der Waals surface area contributed by atoms with Gasteiger partial charge < -0.3 is 23.5 Å². The zero-order valence-electron chi connectivity index (χ0n) is 21.0. The van der Waals surface area contributed by atoms with E-state index in [1.54, 1.807) is 0 Å². The molecule has 1 aromatic carbocycles. The number of morpholine rings is 1. The molecule has 8 nitrogen and oxygen atoms in total. The minimum atomic E-state index is -5.63. The van der Waals surface area contributed by atoms with Crippen LogP contribution in [0, 0.1) is 5.82 Å². The van der Waals surface area contributed by atoms with Crippen LogP contribution in [0.25, 0.3) is 16.9 Å². The number of esters is 1. The molecule has 0 saturated carbocycles. The van der Waals surface area contributed by atoms with Gasteiger partial charge in [-0.3, -0.25) is 0 Å². The van der Waals surface area contributed by atoms with E-state index in [2.05, 4.69) is 9.72 Å². The Kier molecular flexibility index (Phi) is 7.97. The summed E-state index contributed by atoms with van der Waals surface area (Å²) in [6.45, 7) is 0.398. The van der Waals surface area contributed by atoms with E-state index < -0.39 is 47.8 Å². The van der Waals surface area contributed by atoms with Crippen molar-refractivity contribution in [1.29, 1.82) is 0 Å². The molecule has 1 saturated heterocycles. The lowest BCUT2D eigenvalue weighted by Gasteiger charge is -2.32. The number of benzene rings is 1. The van der Waals surface area contributed by atoms with Crippen LogP contribution in [-0.2, 0) is 20.6 Å². The molecule has 1 amide bonds. The lowest BCUT2D eigenvalue weighted by Crippen LogP contribution is -2.46. The van der Waals surface area contributed by atoms with Crippen LogP contribution in [0.3, 0.4) is 0 Å². The van der Waals surface area contributed by atoms with Crippen LogP contribution >= 0.6 is 0 Å². The molecule has 3 aromatic rings. The minimum absolute atomic E-state index is 0.0470. The van der Waals surface area contributed by atoms with Crippen molar-refractivity contribution in [2.24, 2.45) is 0 Å². The van der Waals surface area contributed by atoms with Gasteiger partial charge in [0.15, 0.2) is 5.92 Å². The van der Waals surface area contributed by atoms with Gasteiger partial charge in [0, 0.05) is 24.7 Å². The molecular formula is C25H22F7N3O5. The predicted molar refractivity (Wildman–Crippen MR) is 124 cm³/mol. The molecule has 1 fully saturated rings. The maximum atomic E-state index is 15.2. The molecule has 1 aliphatic heterocycles. The second kappa shape index (κ2) is 10.9. The Hall–Kier alpha value is -3.88. The molecule has 1 atom stereocenters. The Labute approximate surface area is 222 Å². The molecule has 4 rings (SSSR count). The van der Waals surface area contributed by atoms with Crippen molar-refractivity contribution < 1.29 is 54.5 Å². The number of carbonyl (C=O) groups excluding carboxylic acids is 2. The Morgan fingerprint density at radius 3 is 2.38 bits per heavy atom. The van der Waals surface area contributed by atoms with Gasteiger partial charge in [0.25, 0.3) is 0 Å². The van der Waals surface area contributed by atoms with Crippen LogP contribution < -0.4 is 0 Å². The lowest BCUT2D eigenvalue weighted by molar-refractivity contribution is -0.253. The molecule has 40 heavy (non-hydrogen) atoms. The minimum Gasteiger partial charge on any atom is -0.465 e. The number of imidazole rings is 1. The van der Waals surface area contributed by atoms with E-state index in [1.165, 1.54) is 28.5 Å². The summed E-state index contributed by atoms with van der Waals surface area (Å²) in [5.74, 6) is -5.52. The normalized spacial score (nSPS) is 16.4. The standard InChI is InChI=1S/C25H22F7N3O5/c1-38-22(36)14-3-4-16(17(26)9-14)20-18(11-15-12-34(7-8-40-15)23(37)39-2)35-6-5-13(10-19(35)33-20)21(24(27,28)29)25(30,31)32/h3-6,9-10,15,21H,7-8,11-12H2,1-2H3/t15-/m0/s1. The Morgan fingerprint density at radius 2 is 1.77 bits per heavy atom. The second-order valence-electron chi connectivity index (χ2n) is 8.91. The Balaban J connectivity index is 1.84. The van der Waals surface area contributed by atoms with Gasteiger partial charge in [0.1, 0.15) is 11.5 Å². The van der Waals surface area contributed by atoms with Gasteiger partial charge in [-0.25, -0.2) is 19.0 Å². The number of alkyl halides is 6. The molecule has 3 heterocycles. The summed E-state index contributed by atoms with van der Waals surface area (Å²) in [5, 5.41) is 0. The largest absolute Gasteiger partial charge is 0.465 e. The monoisotopic (exact) mass is 577 g/mol. The van der Waals surface area contributed by atoms with Crippen LogP contribution in [0.1, 0.15) is 27.5 Å². The first-order chi connectivity index (χ1) is 18.7. The molecule has 1 aliphatic rings. The fourth-order valence-electron chi connectivity index (χ4n) is 4.57. The van der Waals surface area contributed by atoms with Crippen molar-refractivity contribution in [3.63, 3.8) is 0 Å². The van der Waals surface area contributed by atoms with E-state index in [4.69, 9.17) is 9.47 Å². The van der Waals surface area contributed by atoms with Crippen LogP contribution in [0.15, 0.2) is 36.5 Å². The topological polar surface area (TPSA) is 82.4 Å². The van der Waals surface area contributed by atoms with Gasteiger partial charge in [-0.15, -0.1) is 0 Å². The number of rotatable bonds is 5. The maximum absolute atomic E-state index is 15.2. The molecule has 0 aliphatic carbocycles. The number of methoxy groups -OCH3 is 2. The van der Waals surface area contributed by atoms with Gasteiger partial charge in [-0.05, 0) is 35.9 Å². The van der Waals surface area contributed by atoms with Gasteiger partial charge in [-0.1, -0.05) is 0 Å². The van der Waals surface area contributed by atoms with Crippen LogP contribution in [0.5, 0.6) is 0 Å². The van der Waals surface area contributed by atoms with Gasteiger partial charge in [0.2, 0.25) is 0 Å².